The van der Waals surface area contributed by atoms with Crippen LogP contribution >= 0.6 is 0 Å². The largest absolute Gasteiger partial charge is 0.491 e. The lowest BCUT2D eigenvalue weighted by Crippen LogP contribution is -2.45. The zero-order valence-corrected chi connectivity index (χ0v) is 15.0. The molecule has 1 saturated heterocycles. The van der Waals surface area contributed by atoms with Gasteiger partial charge in [0, 0.05) is 11.3 Å². The number of likely N-dealkylation sites (tertiary alicyclic amines) is 1. The van der Waals surface area contributed by atoms with E-state index in [-0.39, 0.29) is 11.8 Å². The first-order valence-corrected chi connectivity index (χ1v) is 9.01. The van der Waals surface area contributed by atoms with E-state index in [2.05, 4.69) is 15.5 Å². The van der Waals surface area contributed by atoms with Gasteiger partial charge in [0.25, 0.3) is 0 Å². The van der Waals surface area contributed by atoms with Crippen LogP contribution in [0.4, 0.5) is 4.79 Å². The molecule has 0 bridgehead atoms. The number of hydrogen-bond acceptors (Lipinski definition) is 4. The highest BCUT2D eigenvalue weighted by molar-refractivity contribution is 5.95. The first kappa shape index (κ1) is 18.2. The summed E-state index contributed by atoms with van der Waals surface area (Å²) in [7, 11) is 2.04. The molecule has 3 amide bonds. The fraction of sp³-hybridized carbons (Fsp3) is 0.400. The van der Waals surface area contributed by atoms with Crippen LogP contribution in [0.25, 0.3) is 10.8 Å². The summed E-state index contributed by atoms with van der Waals surface area (Å²) in [6, 6.07) is 13.4. The SMILES string of the molecule is CN1CCC(C(=O)NC(=O)NCCOc2cccc3ccccc23)CC1. The molecular weight excluding hydrogens is 330 g/mol. The lowest BCUT2D eigenvalue weighted by atomic mass is 9.96. The molecule has 0 saturated carbocycles. The number of nitrogens with one attached hydrogen (secondary N) is 2. The Morgan fingerprint density at radius 2 is 1.85 bits per heavy atom. The molecule has 3 rings (SSSR count). The van der Waals surface area contributed by atoms with Gasteiger partial charge >= 0.3 is 6.03 Å². The van der Waals surface area contributed by atoms with Crippen LogP contribution in [0.3, 0.4) is 0 Å². The summed E-state index contributed by atoms with van der Waals surface area (Å²) in [5, 5.41) is 7.25. The molecule has 2 N–H and O–H groups in total. The maximum absolute atomic E-state index is 12.1. The Morgan fingerprint density at radius 3 is 2.65 bits per heavy atom. The minimum absolute atomic E-state index is 0.0797. The minimum Gasteiger partial charge on any atom is -0.491 e. The van der Waals surface area contributed by atoms with Crippen molar-refractivity contribution in [2.75, 3.05) is 33.3 Å². The Hall–Kier alpha value is -2.60. The predicted octanol–water partition coefficient (Wildman–Crippen LogP) is 2.39. The first-order valence-electron chi connectivity index (χ1n) is 9.01. The highest BCUT2D eigenvalue weighted by atomic mass is 16.5. The van der Waals surface area contributed by atoms with Crippen molar-refractivity contribution in [3.63, 3.8) is 0 Å². The fourth-order valence-electron chi connectivity index (χ4n) is 3.18. The smallest absolute Gasteiger partial charge is 0.321 e. The summed E-state index contributed by atoms with van der Waals surface area (Å²) in [4.78, 5) is 26.2. The van der Waals surface area contributed by atoms with Crippen LogP contribution in [0.1, 0.15) is 12.8 Å². The second-order valence-electron chi connectivity index (χ2n) is 6.65. The average Bonchev–Trinajstić information content (AvgIpc) is 2.66. The molecule has 2 aromatic rings. The van der Waals surface area contributed by atoms with Crippen LogP contribution < -0.4 is 15.4 Å². The van der Waals surface area contributed by atoms with E-state index in [1.54, 1.807) is 0 Å². The number of hydrogen-bond donors (Lipinski definition) is 2. The van der Waals surface area contributed by atoms with Gasteiger partial charge in [-0.1, -0.05) is 36.4 Å². The molecule has 1 heterocycles. The quantitative estimate of drug-likeness (QED) is 0.808. The molecule has 1 fully saturated rings. The summed E-state index contributed by atoms with van der Waals surface area (Å²) in [6.07, 6.45) is 1.58. The molecule has 0 atom stereocenters. The number of piperidine rings is 1. The van der Waals surface area contributed by atoms with Crippen LogP contribution in [0.15, 0.2) is 42.5 Å². The highest BCUT2D eigenvalue weighted by Gasteiger charge is 2.24. The molecule has 26 heavy (non-hydrogen) atoms. The topological polar surface area (TPSA) is 70.7 Å². The van der Waals surface area contributed by atoms with E-state index >= 15 is 0 Å². The van der Waals surface area contributed by atoms with Gasteiger partial charge in [-0.05, 0) is 44.4 Å². The standard InChI is InChI=1S/C20H25N3O3/c1-23-12-9-16(10-13-23)19(24)22-20(25)21-11-14-26-18-8-4-6-15-5-2-3-7-17(15)18/h2-8,16H,9-14H2,1H3,(H2,21,22,24,25). The molecule has 6 heteroatoms. The molecular formula is C20H25N3O3. The monoisotopic (exact) mass is 355 g/mol. The number of amides is 3. The second kappa shape index (κ2) is 8.67. The van der Waals surface area contributed by atoms with Gasteiger partial charge < -0.3 is 15.0 Å². The van der Waals surface area contributed by atoms with Gasteiger partial charge in [-0.25, -0.2) is 4.79 Å². The minimum atomic E-state index is -0.463. The number of benzene rings is 2. The van der Waals surface area contributed by atoms with Crippen molar-refractivity contribution in [1.82, 2.24) is 15.5 Å². The summed E-state index contributed by atoms with van der Waals surface area (Å²) < 4.78 is 5.77. The molecule has 2 aromatic carbocycles. The number of ether oxygens (including phenoxy) is 1. The van der Waals surface area contributed by atoms with Crippen LogP contribution in [-0.4, -0.2) is 50.1 Å². The van der Waals surface area contributed by atoms with E-state index in [0.29, 0.717) is 13.2 Å². The molecule has 1 aliphatic rings. The second-order valence-corrected chi connectivity index (χ2v) is 6.65. The zero-order valence-electron chi connectivity index (χ0n) is 15.0. The molecule has 0 aromatic heterocycles. The van der Waals surface area contributed by atoms with E-state index in [9.17, 15) is 9.59 Å². The Bertz CT molecular complexity index is 764. The summed E-state index contributed by atoms with van der Waals surface area (Å²) in [6.45, 7) is 2.44. The third-order valence-corrected chi connectivity index (χ3v) is 4.72. The number of urea groups is 1. The number of carbonyl (C=O) groups is 2. The van der Waals surface area contributed by atoms with Crippen LogP contribution in [0.2, 0.25) is 0 Å². The molecule has 0 unspecified atom stereocenters. The van der Waals surface area contributed by atoms with Gasteiger partial charge in [-0.3, -0.25) is 10.1 Å². The molecule has 1 aliphatic heterocycles. The maximum atomic E-state index is 12.1. The zero-order chi connectivity index (χ0) is 18.4. The van der Waals surface area contributed by atoms with Crippen molar-refractivity contribution >= 4 is 22.7 Å². The Labute approximate surface area is 153 Å². The van der Waals surface area contributed by atoms with E-state index in [4.69, 9.17) is 4.74 Å². The maximum Gasteiger partial charge on any atom is 0.321 e. The first-order chi connectivity index (χ1) is 12.6. The number of rotatable bonds is 5. The van der Waals surface area contributed by atoms with Gasteiger partial charge in [-0.2, -0.15) is 0 Å². The number of carbonyl (C=O) groups excluding carboxylic acids is 2. The summed E-state index contributed by atoms with van der Waals surface area (Å²) in [5.74, 6) is 0.516. The molecule has 0 spiro atoms. The highest BCUT2D eigenvalue weighted by Crippen LogP contribution is 2.24. The lowest BCUT2D eigenvalue weighted by molar-refractivity contribution is -0.125. The van der Waals surface area contributed by atoms with Crippen molar-refractivity contribution in [3.05, 3.63) is 42.5 Å². The van der Waals surface area contributed by atoms with E-state index < -0.39 is 6.03 Å². The summed E-state index contributed by atoms with van der Waals surface area (Å²) in [5.41, 5.74) is 0. The van der Waals surface area contributed by atoms with Gasteiger partial charge in [0.2, 0.25) is 5.91 Å². The molecule has 0 radical (unpaired) electrons. The predicted molar refractivity (Wildman–Crippen MR) is 101 cm³/mol. The number of nitrogens with zero attached hydrogens (tertiary/aromatic N) is 1. The van der Waals surface area contributed by atoms with Crippen molar-refractivity contribution < 1.29 is 14.3 Å². The Balaban J connectivity index is 1.40. The van der Waals surface area contributed by atoms with Crippen LogP contribution in [0, 0.1) is 5.92 Å². The van der Waals surface area contributed by atoms with E-state index in [0.717, 1.165) is 42.5 Å². The van der Waals surface area contributed by atoms with E-state index in [1.165, 1.54) is 0 Å². The van der Waals surface area contributed by atoms with Crippen molar-refractivity contribution in [2.45, 2.75) is 12.8 Å². The van der Waals surface area contributed by atoms with Crippen LogP contribution in [-0.2, 0) is 4.79 Å². The van der Waals surface area contributed by atoms with Gasteiger partial charge in [0.05, 0.1) is 6.54 Å². The molecule has 6 nitrogen and oxygen atoms in total. The molecule has 138 valence electrons. The summed E-state index contributed by atoms with van der Waals surface area (Å²) >= 11 is 0. The van der Waals surface area contributed by atoms with Gasteiger partial charge in [0.15, 0.2) is 0 Å². The molecule has 0 aliphatic carbocycles. The van der Waals surface area contributed by atoms with Crippen LogP contribution in [0.5, 0.6) is 5.75 Å². The van der Waals surface area contributed by atoms with Crippen molar-refractivity contribution in [3.8, 4) is 5.75 Å². The average molecular weight is 355 g/mol. The normalized spacial score (nSPS) is 15.6. The number of fused-ring (bicyclic) bond motifs is 1. The Morgan fingerprint density at radius 1 is 1.12 bits per heavy atom. The third kappa shape index (κ3) is 4.73. The van der Waals surface area contributed by atoms with Gasteiger partial charge in [-0.15, -0.1) is 0 Å². The van der Waals surface area contributed by atoms with Gasteiger partial charge in [0.1, 0.15) is 12.4 Å². The lowest BCUT2D eigenvalue weighted by Gasteiger charge is -2.27. The Kier molecular flexibility index (Phi) is 6.07. The third-order valence-electron chi connectivity index (χ3n) is 4.72. The van der Waals surface area contributed by atoms with E-state index in [1.807, 2.05) is 49.5 Å². The van der Waals surface area contributed by atoms with Crippen molar-refractivity contribution in [2.24, 2.45) is 5.92 Å². The van der Waals surface area contributed by atoms with Crippen molar-refractivity contribution in [1.29, 1.82) is 0 Å². The fourth-order valence-corrected chi connectivity index (χ4v) is 3.18. The number of imide groups is 1.